The zero-order valence-electron chi connectivity index (χ0n) is 11.5. The molecule has 0 saturated carbocycles. The Morgan fingerprint density at radius 2 is 2.05 bits per heavy atom. The molecule has 0 saturated heterocycles. The van der Waals surface area contributed by atoms with Gasteiger partial charge in [-0.3, -0.25) is 4.99 Å². The van der Waals surface area contributed by atoms with Gasteiger partial charge in [0.2, 0.25) is 0 Å². The average Bonchev–Trinajstić information content (AvgIpc) is 2.84. The molecule has 0 aliphatic carbocycles. The molecule has 0 unspecified atom stereocenters. The maximum absolute atomic E-state index is 12.5. The summed E-state index contributed by atoms with van der Waals surface area (Å²) in [4.78, 5) is 5.30. The first kappa shape index (κ1) is 15.6. The molecule has 0 bridgehead atoms. The van der Waals surface area contributed by atoms with Crippen molar-refractivity contribution in [3.05, 3.63) is 24.3 Å². The molecule has 0 aromatic heterocycles. The third-order valence-corrected chi connectivity index (χ3v) is 5.41. The Balaban J connectivity index is 2.15. The van der Waals surface area contributed by atoms with Crippen LogP contribution in [0.3, 0.4) is 0 Å². The Kier molecular flexibility index (Phi) is 5.32. The maximum Gasteiger partial charge on any atom is 0.288 e. The number of para-hydroxylation sites is 1. The Morgan fingerprint density at radius 3 is 2.65 bits per heavy atom. The number of nitrogens with one attached hydrogen (secondary N) is 1. The van der Waals surface area contributed by atoms with Crippen LogP contribution in [0.5, 0.6) is 0 Å². The molecular formula is C14H18F2N2S2. The number of benzene rings is 1. The number of hydrogen-bond acceptors (Lipinski definition) is 4. The van der Waals surface area contributed by atoms with Crippen LogP contribution < -0.4 is 5.32 Å². The van der Waals surface area contributed by atoms with Crippen LogP contribution in [0.25, 0.3) is 0 Å². The van der Waals surface area contributed by atoms with Crippen LogP contribution in [0.1, 0.15) is 26.7 Å². The molecule has 0 spiro atoms. The van der Waals surface area contributed by atoms with E-state index in [1.807, 2.05) is 12.1 Å². The average molecular weight is 316 g/mol. The summed E-state index contributed by atoms with van der Waals surface area (Å²) in [5.74, 6) is -1.46. The molecule has 1 aliphatic heterocycles. The van der Waals surface area contributed by atoms with Crippen molar-refractivity contribution in [2.75, 3.05) is 11.1 Å². The number of thioether (sulfide) groups is 2. The van der Waals surface area contributed by atoms with Crippen molar-refractivity contribution in [2.24, 2.45) is 4.99 Å². The molecule has 1 heterocycles. The fourth-order valence-corrected chi connectivity index (χ4v) is 3.96. The van der Waals surface area contributed by atoms with Gasteiger partial charge in [0.1, 0.15) is 0 Å². The second-order valence-corrected chi connectivity index (χ2v) is 6.63. The van der Waals surface area contributed by atoms with Crippen LogP contribution in [0.2, 0.25) is 0 Å². The molecule has 0 fully saturated rings. The first-order valence-corrected chi connectivity index (χ1v) is 8.48. The number of amidine groups is 1. The summed E-state index contributed by atoms with van der Waals surface area (Å²) in [5.41, 5.74) is 0.699. The van der Waals surface area contributed by atoms with E-state index in [0.717, 1.165) is 23.8 Å². The van der Waals surface area contributed by atoms with Gasteiger partial charge in [-0.25, -0.2) is 0 Å². The van der Waals surface area contributed by atoms with Gasteiger partial charge < -0.3 is 5.32 Å². The van der Waals surface area contributed by atoms with Crippen molar-refractivity contribution >= 4 is 34.4 Å². The summed E-state index contributed by atoms with van der Waals surface area (Å²) in [6.45, 7) is 4.27. The highest BCUT2D eigenvalue weighted by atomic mass is 32.2. The van der Waals surface area contributed by atoms with Crippen molar-refractivity contribution < 1.29 is 8.78 Å². The zero-order chi connectivity index (χ0) is 14.6. The topological polar surface area (TPSA) is 24.4 Å². The van der Waals surface area contributed by atoms with Gasteiger partial charge in [-0.15, -0.1) is 0 Å². The number of nitrogens with zero attached hydrogens (tertiary/aromatic N) is 1. The van der Waals surface area contributed by atoms with E-state index in [4.69, 9.17) is 4.99 Å². The van der Waals surface area contributed by atoms with Crippen LogP contribution in [-0.4, -0.2) is 22.2 Å². The molecule has 2 rings (SSSR count). The number of aliphatic imine (C=N–C) groups is 1. The Bertz CT molecular complexity index is 488. The number of anilines is 1. The molecule has 0 amide bonds. The minimum atomic E-state index is -2.42. The van der Waals surface area contributed by atoms with Crippen molar-refractivity contribution in [1.29, 1.82) is 0 Å². The third kappa shape index (κ3) is 3.67. The van der Waals surface area contributed by atoms with Crippen LogP contribution >= 0.6 is 23.5 Å². The Hall–Kier alpha value is -0.750. The lowest BCUT2D eigenvalue weighted by atomic mass is 9.97. The van der Waals surface area contributed by atoms with Crippen LogP contribution in [0.4, 0.5) is 14.5 Å². The standard InChI is InChI=1S/C14H18F2N2S2/c1-3-14(4-2)9-19-13(18-14)17-10-7-5-6-8-11(10)20-12(15)16/h5-8,12H,3-4,9H2,1-2H3,(H,17,18). The molecule has 1 aromatic carbocycles. The Morgan fingerprint density at radius 1 is 1.35 bits per heavy atom. The van der Waals surface area contributed by atoms with Gasteiger partial charge in [-0.05, 0) is 25.0 Å². The van der Waals surface area contributed by atoms with E-state index in [1.165, 1.54) is 0 Å². The van der Waals surface area contributed by atoms with Gasteiger partial charge in [0.05, 0.1) is 11.2 Å². The van der Waals surface area contributed by atoms with Crippen LogP contribution in [0.15, 0.2) is 34.2 Å². The second kappa shape index (κ2) is 6.80. The van der Waals surface area contributed by atoms with Crippen molar-refractivity contribution in [3.63, 3.8) is 0 Å². The third-order valence-electron chi connectivity index (χ3n) is 3.48. The highest BCUT2D eigenvalue weighted by Gasteiger charge is 2.32. The Labute approximate surface area is 126 Å². The van der Waals surface area contributed by atoms with Crippen LogP contribution in [-0.2, 0) is 0 Å². The SMILES string of the molecule is CCC1(CC)CSC(Nc2ccccc2SC(F)F)=N1. The second-order valence-electron chi connectivity index (χ2n) is 4.64. The molecule has 1 aromatic rings. The predicted octanol–water partition coefficient (Wildman–Crippen LogP) is 5.07. The highest BCUT2D eigenvalue weighted by molar-refractivity contribution is 8.14. The van der Waals surface area contributed by atoms with E-state index in [9.17, 15) is 8.78 Å². The number of halogens is 2. The van der Waals surface area contributed by atoms with E-state index in [0.29, 0.717) is 22.3 Å². The quantitative estimate of drug-likeness (QED) is 0.767. The summed E-state index contributed by atoms with van der Waals surface area (Å²) >= 11 is 2.22. The fourth-order valence-electron chi connectivity index (χ4n) is 2.04. The van der Waals surface area contributed by atoms with E-state index in [-0.39, 0.29) is 5.54 Å². The van der Waals surface area contributed by atoms with Gasteiger partial charge in [-0.2, -0.15) is 8.78 Å². The first-order valence-electron chi connectivity index (χ1n) is 6.62. The lowest BCUT2D eigenvalue weighted by molar-refractivity contribution is 0.252. The minimum absolute atomic E-state index is 0.00218. The van der Waals surface area contributed by atoms with Gasteiger partial charge >= 0.3 is 0 Å². The maximum atomic E-state index is 12.5. The zero-order valence-corrected chi connectivity index (χ0v) is 13.2. The van der Waals surface area contributed by atoms with Crippen molar-refractivity contribution in [2.45, 2.75) is 42.9 Å². The van der Waals surface area contributed by atoms with E-state index in [1.54, 1.807) is 23.9 Å². The van der Waals surface area contributed by atoms with Gasteiger partial charge in [0.25, 0.3) is 5.76 Å². The molecule has 1 N–H and O–H groups in total. The summed E-state index contributed by atoms with van der Waals surface area (Å²) in [6, 6.07) is 7.12. The molecule has 2 nitrogen and oxygen atoms in total. The predicted molar refractivity (Wildman–Crippen MR) is 85.1 cm³/mol. The van der Waals surface area contributed by atoms with Gasteiger partial charge in [0.15, 0.2) is 5.17 Å². The van der Waals surface area contributed by atoms with E-state index >= 15 is 0 Å². The lowest BCUT2D eigenvalue weighted by Gasteiger charge is -2.20. The molecule has 1 aliphatic rings. The first-order chi connectivity index (χ1) is 9.58. The summed E-state index contributed by atoms with van der Waals surface area (Å²) in [6.07, 6.45) is 1.99. The van der Waals surface area contributed by atoms with Gasteiger partial charge in [-0.1, -0.05) is 49.5 Å². The molecule has 20 heavy (non-hydrogen) atoms. The molecular weight excluding hydrogens is 298 g/mol. The summed E-state index contributed by atoms with van der Waals surface area (Å²) in [7, 11) is 0. The van der Waals surface area contributed by atoms with Crippen molar-refractivity contribution in [1.82, 2.24) is 0 Å². The molecule has 110 valence electrons. The minimum Gasteiger partial charge on any atom is -0.334 e. The monoisotopic (exact) mass is 316 g/mol. The van der Waals surface area contributed by atoms with E-state index < -0.39 is 5.76 Å². The molecule has 6 heteroatoms. The number of hydrogen-bond donors (Lipinski definition) is 1. The van der Waals surface area contributed by atoms with Crippen LogP contribution in [0, 0.1) is 0 Å². The highest BCUT2D eigenvalue weighted by Crippen LogP contribution is 2.36. The normalized spacial score (nSPS) is 17.4. The number of alkyl halides is 2. The van der Waals surface area contributed by atoms with Crippen molar-refractivity contribution in [3.8, 4) is 0 Å². The molecule has 0 atom stereocenters. The fraction of sp³-hybridized carbons (Fsp3) is 0.500. The lowest BCUT2D eigenvalue weighted by Crippen LogP contribution is -2.24. The van der Waals surface area contributed by atoms with Gasteiger partial charge in [0, 0.05) is 10.6 Å². The smallest absolute Gasteiger partial charge is 0.288 e. The van der Waals surface area contributed by atoms with E-state index in [2.05, 4.69) is 19.2 Å². The largest absolute Gasteiger partial charge is 0.334 e. The summed E-state index contributed by atoms with van der Waals surface area (Å²) < 4.78 is 25.1. The number of rotatable bonds is 5. The summed E-state index contributed by atoms with van der Waals surface area (Å²) in [5, 5.41) is 4.03. The molecule has 0 radical (unpaired) electrons.